The van der Waals surface area contributed by atoms with Crippen LogP contribution in [0.15, 0.2) is 191 Å². The van der Waals surface area contributed by atoms with Gasteiger partial charge in [0.1, 0.15) is 17.3 Å². The number of piperidine rings is 1. The van der Waals surface area contributed by atoms with Crippen molar-refractivity contribution in [3.8, 4) is 103 Å². The van der Waals surface area contributed by atoms with Gasteiger partial charge in [-0.25, -0.2) is 0 Å². The number of benzene rings is 6. The molecule has 0 radical (unpaired) electrons. The monoisotopic (exact) mass is 1470 g/mol. The number of aliphatic hydroxyl groups is 3. The summed E-state index contributed by atoms with van der Waals surface area (Å²) >= 11 is 0. The number of nitrogens with zero attached hydrogens (tertiary/aromatic N) is 12. The third-order valence-corrected chi connectivity index (χ3v) is 20.4. The van der Waals surface area contributed by atoms with E-state index in [1.54, 1.807) is 20.8 Å². The van der Waals surface area contributed by atoms with E-state index >= 15 is 0 Å². The summed E-state index contributed by atoms with van der Waals surface area (Å²) in [6.07, 6.45) is 7.56. The number of aromatic nitrogens is 9. The van der Waals surface area contributed by atoms with Gasteiger partial charge in [0.2, 0.25) is 17.5 Å². The van der Waals surface area contributed by atoms with Crippen LogP contribution >= 0.6 is 0 Å². The number of ketones is 3. The van der Waals surface area contributed by atoms with Crippen LogP contribution in [0.2, 0.25) is 0 Å². The number of carbonyl (C=O) groups is 3. The van der Waals surface area contributed by atoms with E-state index in [1.807, 2.05) is 169 Å². The molecule has 15 rings (SSSR count). The molecular formula is C85H94N12O12. The van der Waals surface area contributed by atoms with E-state index < -0.39 is 18.3 Å². The summed E-state index contributed by atoms with van der Waals surface area (Å²) in [6, 6.07) is 51.9. The molecule has 6 aromatic heterocycles. The molecule has 5 atom stereocenters. The number of aliphatic hydroxyl groups excluding tert-OH is 3. The summed E-state index contributed by atoms with van der Waals surface area (Å²) in [5, 5.41) is 57.4. The van der Waals surface area contributed by atoms with Gasteiger partial charge in [0.15, 0.2) is 34.4 Å². The topological polar surface area (TPSA) is 316 Å². The zero-order valence-corrected chi connectivity index (χ0v) is 61.7. The molecule has 3 aliphatic rings. The summed E-state index contributed by atoms with van der Waals surface area (Å²) < 4.78 is 33.8. The molecule has 0 amide bonds. The first-order valence-electron chi connectivity index (χ1n) is 37.3. The van der Waals surface area contributed by atoms with Crippen LogP contribution in [0.5, 0.6) is 0 Å². The molecule has 9 heterocycles. The number of rotatable bonds is 27. The average molecular weight is 1480 g/mol. The van der Waals surface area contributed by atoms with Crippen molar-refractivity contribution >= 4 is 17.3 Å². The lowest BCUT2D eigenvalue weighted by Gasteiger charge is -2.40. The zero-order valence-electron chi connectivity index (χ0n) is 61.7. The van der Waals surface area contributed by atoms with E-state index in [0.29, 0.717) is 71.9 Å². The summed E-state index contributed by atoms with van der Waals surface area (Å²) in [5.74, 6) is 5.17. The Morgan fingerprint density at radius 1 is 0.385 bits per heavy atom. The van der Waals surface area contributed by atoms with Crippen LogP contribution in [0, 0.1) is 5.92 Å². The van der Waals surface area contributed by atoms with Crippen LogP contribution in [0.4, 0.5) is 0 Å². The van der Waals surface area contributed by atoms with Crippen LogP contribution in [-0.2, 0) is 33.6 Å². The molecule has 6 aromatic carbocycles. The quantitative estimate of drug-likeness (QED) is 0.0431. The third kappa shape index (κ3) is 18.3. The molecule has 0 aliphatic carbocycles. The standard InChI is InChI=1S/C29H32N4O4.C28H30N4O4.C27H28N4O4.CH4/c1-3-7-24-26(31-36-27(24)22-8-5-4-6-9-22)29-30-28(32-37-29)23-12-10-21(11-13-23)25(35)18-33-16-14-20(15-17-33)19(2)34;1-3-8-22-25(30-35-26(22)20-9-5-4-6-10-20)28-29-27(31-36-28)21-14-12-19(13-15-21)24(34)17-32-16-7-11-23(32)18(2)33;1-3-7-21-24(29-34-25(21)19-8-5-4-6-9-19)27-28-26(30-35-27)20-12-10-18(11-13-20)23(33)16-31-15-14-22(31)17(2)32;/h4-6,8-13,20,25,35H,3,7,14-18H2,1-2H3;4-6,9-10,12-15,23-24,34H,3,7-8,11,16-17H2,1-2H3;4-6,8-13,22-23,33H,3,7,14-16H2,1-2H3;1H4/t;;22-,23?;/m..0./s1. The molecular weight excluding hydrogens is 1380 g/mol. The molecule has 0 bridgehead atoms. The second-order valence-corrected chi connectivity index (χ2v) is 27.9. The third-order valence-electron chi connectivity index (χ3n) is 20.4. The first kappa shape index (κ1) is 77.7. The van der Waals surface area contributed by atoms with Crippen molar-refractivity contribution in [1.29, 1.82) is 0 Å². The lowest BCUT2D eigenvalue weighted by atomic mass is 9.93. The Balaban J connectivity index is 0.000000152. The molecule has 0 saturated carbocycles. The second kappa shape index (κ2) is 36.4. The van der Waals surface area contributed by atoms with Crippen molar-refractivity contribution in [2.45, 2.75) is 150 Å². The molecule has 3 saturated heterocycles. The summed E-state index contributed by atoms with van der Waals surface area (Å²) in [7, 11) is 0. The smallest absolute Gasteiger partial charge is 0.280 e. The Morgan fingerprint density at radius 2 is 0.716 bits per heavy atom. The fraction of sp³-hybridized carbons (Fsp3) is 0.365. The van der Waals surface area contributed by atoms with E-state index in [-0.39, 0.29) is 42.8 Å². The molecule has 0 spiro atoms. The van der Waals surface area contributed by atoms with Crippen LogP contribution < -0.4 is 0 Å². The van der Waals surface area contributed by atoms with Gasteiger partial charge < -0.3 is 47.4 Å². The number of likely N-dealkylation sites (tertiary alicyclic amines) is 3. The van der Waals surface area contributed by atoms with Gasteiger partial charge in [-0.3, -0.25) is 24.2 Å². The molecule has 3 N–H and O–H groups in total. The van der Waals surface area contributed by atoms with Crippen molar-refractivity contribution in [2.24, 2.45) is 5.92 Å². The minimum atomic E-state index is -0.678. The van der Waals surface area contributed by atoms with Crippen molar-refractivity contribution < 1.29 is 56.8 Å². The van der Waals surface area contributed by atoms with Crippen LogP contribution in [0.1, 0.15) is 152 Å². The van der Waals surface area contributed by atoms with Gasteiger partial charge in [-0.15, -0.1) is 0 Å². The Kier molecular flexibility index (Phi) is 25.9. The predicted molar refractivity (Wildman–Crippen MR) is 411 cm³/mol. The van der Waals surface area contributed by atoms with Gasteiger partial charge in [0.05, 0.1) is 30.4 Å². The fourth-order valence-electron chi connectivity index (χ4n) is 14.4. The summed E-state index contributed by atoms with van der Waals surface area (Å²) in [5.41, 5.74) is 12.1. The normalized spacial score (nSPS) is 16.3. The molecule has 24 nitrogen and oxygen atoms in total. The molecule has 566 valence electrons. The molecule has 109 heavy (non-hydrogen) atoms. The van der Waals surface area contributed by atoms with Crippen molar-refractivity contribution in [3.63, 3.8) is 0 Å². The fourth-order valence-corrected chi connectivity index (χ4v) is 14.4. The number of Topliss-reactive ketones (excluding diaryl/α,β-unsaturated/α-hetero) is 3. The van der Waals surface area contributed by atoms with Crippen molar-refractivity contribution in [1.82, 2.24) is 60.6 Å². The Labute approximate surface area is 633 Å². The second-order valence-electron chi connectivity index (χ2n) is 27.9. The van der Waals surface area contributed by atoms with E-state index in [4.69, 9.17) is 27.1 Å². The molecule has 3 fully saturated rings. The highest BCUT2D eigenvalue weighted by Gasteiger charge is 2.35. The van der Waals surface area contributed by atoms with Gasteiger partial charge >= 0.3 is 0 Å². The lowest BCUT2D eigenvalue weighted by molar-refractivity contribution is -0.127. The average Bonchev–Trinajstić information content (AvgIpc) is 1.63. The SMILES string of the molecule is C.CCCc1c(-c2nc(-c3ccc(C(O)CN4CCC(C(C)=O)CC4)cc3)no2)noc1-c1ccccc1.CCCc1c(-c2nc(-c3ccc(C(O)CN4CCCC4C(C)=O)cc3)no2)noc1-c1ccccc1.CCCc1c(-c2nc(-c3ccc(C(O)CN4CC[C@H]4C(C)=O)cc3)no2)noc1-c1ccccc1. The molecule has 3 aliphatic heterocycles. The van der Waals surface area contributed by atoms with Crippen molar-refractivity contribution in [3.05, 3.63) is 197 Å². The maximum Gasteiger partial charge on any atom is 0.280 e. The first-order chi connectivity index (χ1) is 52.6. The minimum Gasteiger partial charge on any atom is -0.387 e. The van der Waals surface area contributed by atoms with Gasteiger partial charge in [0.25, 0.3) is 17.7 Å². The van der Waals surface area contributed by atoms with Gasteiger partial charge in [-0.1, -0.05) is 242 Å². The van der Waals surface area contributed by atoms with Crippen molar-refractivity contribution in [2.75, 3.05) is 45.8 Å². The summed E-state index contributed by atoms with van der Waals surface area (Å²) in [4.78, 5) is 55.1. The Hall–Kier alpha value is -10.9. The molecule has 12 aromatic rings. The largest absolute Gasteiger partial charge is 0.387 e. The Morgan fingerprint density at radius 3 is 1.03 bits per heavy atom. The molecule has 4 unspecified atom stereocenters. The van der Waals surface area contributed by atoms with Gasteiger partial charge in [0, 0.05) is 82.2 Å². The summed E-state index contributed by atoms with van der Waals surface area (Å²) in [6.45, 7) is 15.9. The number of carbonyl (C=O) groups excluding carboxylic acids is 3. The van der Waals surface area contributed by atoms with Gasteiger partial charge in [-0.2, -0.15) is 15.0 Å². The maximum atomic E-state index is 11.9. The molecule has 24 heteroatoms. The number of hydrogen-bond acceptors (Lipinski definition) is 24. The highest BCUT2D eigenvalue weighted by molar-refractivity contribution is 5.83. The number of β-amino-alcohol motifs (C(OH)–C–C–N with tert-alkyl or cyclic N) is 3. The minimum absolute atomic E-state index is 0. The number of hydrogen-bond donors (Lipinski definition) is 3. The van der Waals surface area contributed by atoms with E-state index in [9.17, 15) is 29.7 Å². The van der Waals surface area contributed by atoms with Crippen LogP contribution in [0.3, 0.4) is 0 Å². The van der Waals surface area contributed by atoms with E-state index in [1.165, 1.54) is 0 Å². The van der Waals surface area contributed by atoms with E-state index in [2.05, 4.69) is 76.5 Å². The van der Waals surface area contributed by atoms with E-state index in [0.717, 1.165) is 181 Å². The zero-order chi connectivity index (χ0) is 75.2. The maximum absolute atomic E-state index is 11.9. The van der Waals surface area contributed by atoms with Crippen LogP contribution in [-0.4, -0.2) is 151 Å². The first-order valence-corrected chi connectivity index (χ1v) is 37.3. The highest BCUT2D eigenvalue weighted by Crippen LogP contribution is 2.38. The highest BCUT2D eigenvalue weighted by atomic mass is 16.5. The Bertz CT molecular complexity index is 4910. The lowest BCUT2D eigenvalue weighted by Crippen LogP contribution is -2.52. The predicted octanol–water partition coefficient (Wildman–Crippen LogP) is 15.8. The van der Waals surface area contributed by atoms with Gasteiger partial charge in [-0.05, 0) is 108 Å². The van der Waals surface area contributed by atoms with Crippen LogP contribution in [0.25, 0.3) is 103 Å².